The van der Waals surface area contributed by atoms with E-state index >= 15 is 0 Å². The summed E-state index contributed by atoms with van der Waals surface area (Å²) in [6.07, 6.45) is 1.78. The van der Waals surface area contributed by atoms with E-state index in [2.05, 4.69) is 0 Å². The Balaban J connectivity index is 4.39. The van der Waals surface area contributed by atoms with Crippen molar-refractivity contribution in [2.75, 3.05) is 6.26 Å². The van der Waals surface area contributed by atoms with Gasteiger partial charge in [-0.3, -0.25) is 4.79 Å². The fourth-order valence-electron chi connectivity index (χ4n) is 1.01. The Morgan fingerprint density at radius 3 is 2.00 bits per heavy atom. The van der Waals surface area contributed by atoms with E-state index < -0.39 is 21.1 Å². The number of aliphatic carboxylic acids is 1. The van der Waals surface area contributed by atoms with Crippen LogP contribution in [-0.2, 0) is 14.6 Å². The lowest BCUT2D eigenvalue weighted by Crippen LogP contribution is -2.29. The van der Waals surface area contributed by atoms with E-state index in [-0.39, 0.29) is 6.42 Å². The van der Waals surface area contributed by atoms with E-state index in [1.165, 1.54) is 0 Å². The summed E-state index contributed by atoms with van der Waals surface area (Å²) in [7, 11) is -3.46. The number of carboxylic acid groups (broad SMARTS) is 1. The van der Waals surface area contributed by atoms with Gasteiger partial charge in [-0.2, -0.15) is 0 Å². The van der Waals surface area contributed by atoms with Gasteiger partial charge in [0, 0.05) is 6.26 Å². The van der Waals surface area contributed by atoms with Gasteiger partial charge in [-0.05, 0) is 18.8 Å². The monoisotopic (exact) mass is 208 g/mol. The van der Waals surface area contributed by atoms with E-state index in [0.717, 1.165) is 6.26 Å². The van der Waals surface area contributed by atoms with E-state index in [0.29, 0.717) is 12.3 Å². The molecule has 0 spiro atoms. The van der Waals surface area contributed by atoms with Gasteiger partial charge in [-0.1, -0.05) is 13.8 Å². The van der Waals surface area contributed by atoms with Crippen molar-refractivity contribution in [2.24, 2.45) is 5.92 Å². The first kappa shape index (κ1) is 12.4. The fraction of sp³-hybridized carbons (Fsp3) is 0.875. The molecule has 78 valence electrons. The van der Waals surface area contributed by atoms with Gasteiger partial charge in [0.15, 0.2) is 15.1 Å². The summed E-state index contributed by atoms with van der Waals surface area (Å²) in [6.45, 7) is 3.86. The third-order valence-electron chi connectivity index (χ3n) is 1.80. The molecule has 0 radical (unpaired) electrons. The molecular weight excluding hydrogens is 192 g/mol. The summed E-state index contributed by atoms with van der Waals surface area (Å²) in [5.74, 6) is -0.924. The Morgan fingerprint density at radius 2 is 1.77 bits per heavy atom. The molecule has 0 heterocycles. The number of carbonyl (C=O) groups is 1. The summed E-state index contributed by atoms with van der Waals surface area (Å²) in [4.78, 5) is 10.6. The van der Waals surface area contributed by atoms with Crippen LogP contribution >= 0.6 is 0 Å². The molecule has 5 heteroatoms. The molecule has 0 rings (SSSR count). The van der Waals surface area contributed by atoms with Crippen LogP contribution in [0, 0.1) is 5.92 Å². The Bertz CT molecular complexity index is 266. The second-order valence-electron chi connectivity index (χ2n) is 3.63. The van der Waals surface area contributed by atoms with Crippen LogP contribution in [0.3, 0.4) is 0 Å². The molecule has 4 nitrogen and oxygen atoms in total. The maximum absolute atomic E-state index is 11.0. The van der Waals surface area contributed by atoms with Crippen molar-refractivity contribution in [1.29, 1.82) is 0 Å². The van der Waals surface area contributed by atoms with Gasteiger partial charge in [-0.15, -0.1) is 0 Å². The standard InChI is InChI=1S/C8H16O4S/c1-6(2)4-5-7(8(9)10)13(3,11)12/h6-7H,4-5H2,1-3H3,(H,9,10). The largest absolute Gasteiger partial charge is 0.480 e. The predicted octanol–water partition coefficient (Wildman–Crippen LogP) is 0.920. The zero-order chi connectivity index (χ0) is 10.6. The quantitative estimate of drug-likeness (QED) is 0.729. The minimum Gasteiger partial charge on any atom is -0.480 e. The maximum atomic E-state index is 11.0. The first-order valence-corrected chi connectivity index (χ1v) is 6.12. The Labute approximate surface area is 78.9 Å². The van der Waals surface area contributed by atoms with E-state index in [4.69, 9.17) is 5.11 Å². The molecule has 13 heavy (non-hydrogen) atoms. The average molecular weight is 208 g/mol. The molecule has 0 amide bonds. The zero-order valence-electron chi connectivity index (χ0n) is 8.15. The van der Waals surface area contributed by atoms with Crippen LogP contribution in [0.5, 0.6) is 0 Å². The van der Waals surface area contributed by atoms with Gasteiger partial charge in [0.25, 0.3) is 0 Å². The highest BCUT2D eigenvalue weighted by Crippen LogP contribution is 2.12. The normalized spacial score (nSPS) is 14.5. The van der Waals surface area contributed by atoms with Crippen molar-refractivity contribution in [3.8, 4) is 0 Å². The van der Waals surface area contributed by atoms with E-state index in [9.17, 15) is 13.2 Å². The van der Waals surface area contributed by atoms with Crippen molar-refractivity contribution in [2.45, 2.75) is 31.9 Å². The van der Waals surface area contributed by atoms with Crippen molar-refractivity contribution in [3.05, 3.63) is 0 Å². The van der Waals surface area contributed by atoms with Gasteiger partial charge in [0.2, 0.25) is 0 Å². The Hall–Kier alpha value is -0.580. The first-order chi connectivity index (χ1) is 5.75. The van der Waals surface area contributed by atoms with Crippen LogP contribution in [0.4, 0.5) is 0 Å². The van der Waals surface area contributed by atoms with Crippen LogP contribution in [0.2, 0.25) is 0 Å². The summed E-state index contributed by atoms with van der Waals surface area (Å²) in [6, 6.07) is 0. The van der Waals surface area contributed by atoms with Gasteiger partial charge in [0.05, 0.1) is 0 Å². The van der Waals surface area contributed by atoms with Crippen molar-refractivity contribution in [3.63, 3.8) is 0 Å². The van der Waals surface area contributed by atoms with Gasteiger partial charge >= 0.3 is 5.97 Å². The molecule has 0 fully saturated rings. The lowest BCUT2D eigenvalue weighted by Gasteiger charge is -2.11. The number of hydrogen-bond donors (Lipinski definition) is 1. The van der Waals surface area contributed by atoms with E-state index in [1.54, 1.807) is 0 Å². The molecule has 0 aliphatic heterocycles. The first-order valence-electron chi connectivity index (χ1n) is 4.16. The second kappa shape index (κ2) is 4.60. The maximum Gasteiger partial charge on any atom is 0.321 e. The van der Waals surface area contributed by atoms with Crippen LogP contribution in [0.25, 0.3) is 0 Å². The lowest BCUT2D eigenvalue weighted by molar-refractivity contribution is -0.136. The van der Waals surface area contributed by atoms with Crippen LogP contribution < -0.4 is 0 Å². The summed E-state index contributed by atoms with van der Waals surface area (Å²) < 4.78 is 22.0. The van der Waals surface area contributed by atoms with Crippen LogP contribution in [0.15, 0.2) is 0 Å². The van der Waals surface area contributed by atoms with Crippen LogP contribution in [0.1, 0.15) is 26.7 Å². The third-order valence-corrected chi connectivity index (χ3v) is 3.27. The van der Waals surface area contributed by atoms with Crippen molar-refractivity contribution in [1.82, 2.24) is 0 Å². The third kappa shape index (κ3) is 4.87. The predicted molar refractivity (Wildman–Crippen MR) is 50.3 cm³/mol. The Morgan fingerprint density at radius 1 is 1.31 bits per heavy atom. The molecular formula is C8H16O4S. The summed E-state index contributed by atoms with van der Waals surface area (Å²) in [5, 5.41) is 7.40. The Kier molecular flexibility index (Phi) is 4.39. The van der Waals surface area contributed by atoms with Crippen LogP contribution in [-0.4, -0.2) is 31.0 Å². The second-order valence-corrected chi connectivity index (χ2v) is 5.86. The molecule has 1 unspecified atom stereocenters. The molecule has 0 bridgehead atoms. The molecule has 0 saturated heterocycles. The molecule has 0 saturated carbocycles. The highest BCUT2D eigenvalue weighted by Gasteiger charge is 2.27. The zero-order valence-corrected chi connectivity index (χ0v) is 8.97. The molecule has 1 N–H and O–H groups in total. The molecule has 1 atom stereocenters. The van der Waals surface area contributed by atoms with Gasteiger partial charge in [0.1, 0.15) is 0 Å². The smallest absolute Gasteiger partial charge is 0.321 e. The van der Waals surface area contributed by atoms with Gasteiger partial charge in [-0.25, -0.2) is 8.42 Å². The molecule has 0 aromatic heterocycles. The molecule has 0 aliphatic carbocycles. The number of sulfone groups is 1. The van der Waals surface area contributed by atoms with E-state index in [1.807, 2.05) is 13.8 Å². The number of carboxylic acids is 1. The topological polar surface area (TPSA) is 71.4 Å². The number of hydrogen-bond acceptors (Lipinski definition) is 3. The highest BCUT2D eigenvalue weighted by atomic mass is 32.2. The summed E-state index contributed by atoms with van der Waals surface area (Å²) >= 11 is 0. The summed E-state index contributed by atoms with van der Waals surface area (Å²) in [5.41, 5.74) is 0. The fourth-order valence-corrected chi connectivity index (χ4v) is 1.94. The highest BCUT2D eigenvalue weighted by molar-refractivity contribution is 7.92. The molecule has 0 aromatic rings. The van der Waals surface area contributed by atoms with Crippen molar-refractivity contribution >= 4 is 15.8 Å². The average Bonchev–Trinajstić information content (AvgIpc) is 1.81. The molecule has 0 aliphatic rings. The lowest BCUT2D eigenvalue weighted by atomic mass is 10.1. The van der Waals surface area contributed by atoms with Gasteiger partial charge < -0.3 is 5.11 Å². The number of rotatable bonds is 5. The minimum atomic E-state index is -3.46. The SMILES string of the molecule is CC(C)CCC(C(=O)O)S(C)(=O)=O. The molecule has 0 aromatic carbocycles. The minimum absolute atomic E-state index is 0.200. The van der Waals surface area contributed by atoms with Crippen molar-refractivity contribution < 1.29 is 18.3 Å².